The van der Waals surface area contributed by atoms with Gasteiger partial charge in [0.2, 0.25) is 7.37 Å². The summed E-state index contributed by atoms with van der Waals surface area (Å²) in [7, 11) is -2.43. The molecule has 0 spiro atoms. The second-order valence-corrected chi connectivity index (χ2v) is 6.19. The average Bonchev–Trinajstić information content (AvgIpc) is 1.94. The molecule has 4 heteroatoms. The number of ketones is 1. The van der Waals surface area contributed by atoms with E-state index >= 15 is 0 Å². The zero-order valence-electron chi connectivity index (χ0n) is 7.58. The van der Waals surface area contributed by atoms with Gasteiger partial charge in [-0.15, -0.1) is 0 Å². The standard InChI is InChI=1S/C8H15O3P/c1-7(2)11-12(10)5-3-8(9)4-6-12/h7H,3-6H2,1-2H3. The van der Waals surface area contributed by atoms with Crippen LogP contribution >= 0.6 is 7.37 Å². The molecule has 0 N–H and O–H groups in total. The SMILES string of the molecule is CC(C)OP1(=O)CCC(=O)CC1. The molecule has 1 rings (SSSR count). The molecule has 0 atom stereocenters. The van der Waals surface area contributed by atoms with Gasteiger partial charge in [0, 0.05) is 25.2 Å². The van der Waals surface area contributed by atoms with Crippen molar-refractivity contribution in [2.75, 3.05) is 12.3 Å². The van der Waals surface area contributed by atoms with Crippen LogP contribution in [-0.2, 0) is 13.9 Å². The Balaban J connectivity index is 2.50. The van der Waals surface area contributed by atoms with Gasteiger partial charge in [-0.1, -0.05) is 0 Å². The lowest BCUT2D eigenvalue weighted by atomic mass is 10.2. The smallest absolute Gasteiger partial charge is 0.204 e. The maximum Gasteiger partial charge on any atom is 0.204 e. The van der Waals surface area contributed by atoms with Crippen LogP contribution in [0.5, 0.6) is 0 Å². The monoisotopic (exact) mass is 190 g/mol. The van der Waals surface area contributed by atoms with Gasteiger partial charge in [0.1, 0.15) is 5.78 Å². The van der Waals surface area contributed by atoms with E-state index in [1.54, 1.807) is 0 Å². The third kappa shape index (κ3) is 2.72. The normalized spacial score (nSPS) is 23.1. The Kier molecular flexibility index (Phi) is 3.08. The van der Waals surface area contributed by atoms with Crippen molar-refractivity contribution in [3.8, 4) is 0 Å². The Bertz CT molecular complexity index is 208. The molecule has 1 saturated heterocycles. The van der Waals surface area contributed by atoms with Crippen molar-refractivity contribution >= 4 is 13.2 Å². The summed E-state index contributed by atoms with van der Waals surface area (Å²) < 4.78 is 17.1. The van der Waals surface area contributed by atoms with Gasteiger partial charge in [-0.2, -0.15) is 0 Å². The Morgan fingerprint density at radius 1 is 1.33 bits per heavy atom. The lowest BCUT2D eigenvalue weighted by molar-refractivity contribution is -0.118. The molecule has 1 aliphatic rings. The molecule has 0 aromatic carbocycles. The minimum Gasteiger partial charge on any atom is -0.326 e. The quantitative estimate of drug-likeness (QED) is 0.626. The Labute approximate surface area is 72.9 Å². The average molecular weight is 190 g/mol. The van der Waals surface area contributed by atoms with Crippen molar-refractivity contribution in [2.24, 2.45) is 0 Å². The van der Waals surface area contributed by atoms with Gasteiger partial charge in [-0.05, 0) is 13.8 Å². The van der Waals surface area contributed by atoms with Crippen LogP contribution in [0.25, 0.3) is 0 Å². The summed E-state index contributed by atoms with van der Waals surface area (Å²) in [5.41, 5.74) is 0. The van der Waals surface area contributed by atoms with E-state index in [1.165, 1.54) is 0 Å². The van der Waals surface area contributed by atoms with E-state index in [0.717, 1.165) is 0 Å². The van der Waals surface area contributed by atoms with E-state index in [9.17, 15) is 9.36 Å². The van der Waals surface area contributed by atoms with Gasteiger partial charge in [-0.3, -0.25) is 9.36 Å². The van der Waals surface area contributed by atoms with E-state index in [1.807, 2.05) is 13.8 Å². The molecule has 1 heterocycles. The molecule has 1 aliphatic heterocycles. The molecule has 0 unspecified atom stereocenters. The first-order valence-corrected chi connectivity index (χ1v) is 6.29. The molecular formula is C8H15O3P. The summed E-state index contributed by atoms with van der Waals surface area (Å²) in [6.07, 6.45) is 1.77. The molecule has 0 saturated carbocycles. The van der Waals surface area contributed by atoms with Crippen molar-refractivity contribution < 1.29 is 13.9 Å². The summed E-state index contributed by atoms with van der Waals surface area (Å²) >= 11 is 0. The van der Waals surface area contributed by atoms with Crippen molar-refractivity contribution in [1.82, 2.24) is 0 Å². The second kappa shape index (κ2) is 3.71. The highest BCUT2D eigenvalue weighted by Crippen LogP contribution is 2.51. The molecule has 0 aromatic heterocycles. The third-order valence-corrected chi connectivity index (χ3v) is 4.48. The number of carbonyl (C=O) groups excluding carboxylic acids is 1. The molecule has 12 heavy (non-hydrogen) atoms. The minimum atomic E-state index is -2.43. The van der Waals surface area contributed by atoms with Crippen LogP contribution in [0.2, 0.25) is 0 Å². The van der Waals surface area contributed by atoms with Gasteiger partial charge in [0.15, 0.2) is 0 Å². The lowest BCUT2D eigenvalue weighted by Crippen LogP contribution is -2.16. The Morgan fingerprint density at radius 2 is 1.83 bits per heavy atom. The van der Waals surface area contributed by atoms with Crippen molar-refractivity contribution in [1.29, 1.82) is 0 Å². The topological polar surface area (TPSA) is 43.4 Å². The van der Waals surface area contributed by atoms with E-state index in [0.29, 0.717) is 25.2 Å². The number of hydrogen-bond donors (Lipinski definition) is 0. The predicted molar refractivity (Wildman–Crippen MR) is 47.8 cm³/mol. The fraction of sp³-hybridized carbons (Fsp3) is 0.875. The first-order chi connectivity index (χ1) is 5.52. The molecule has 0 aromatic rings. The highest BCUT2D eigenvalue weighted by Gasteiger charge is 2.30. The molecule has 0 bridgehead atoms. The van der Waals surface area contributed by atoms with E-state index in [-0.39, 0.29) is 11.9 Å². The summed E-state index contributed by atoms with van der Waals surface area (Å²) in [4.78, 5) is 10.9. The molecule has 0 aliphatic carbocycles. The number of rotatable bonds is 2. The van der Waals surface area contributed by atoms with E-state index in [4.69, 9.17) is 4.52 Å². The molecule has 1 fully saturated rings. The Morgan fingerprint density at radius 3 is 2.25 bits per heavy atom. The van der Waals surface area contributed by atoms with Crippen LogP contribution in [0.4, 0.5) is 0 Å². The largest absolute Gasteiger partial charge is 0.326 e. The highest BCUT2D eigenvalue weighted by molar-refractivity contribution is 7.59. The first-order valence-electron chi connectivity index (χ1n) is 4.30. The van der Waals surface area contributed by atoms with Gasteiger partial charge in [-0.25, -0.2) is 0 Å². The molecule has 0 radical (unpaired) electrons. The molecule has 0 amide bonds. The van der Waals surface area contributed by atoms with Gasteiger partial charge < -0.3 is 4.52 Å². The van der Waals surface area contributed by atoms with Crippen molar-refractivity contribution in [2.45, 2.75) is 32.8 Å². The number of Topliss-reactive ketones (excluding diaryl/α,β-unsaturated/α-hetero) is 1. The Hall–Kier alpha value is -0.140. The van der Waals surface area contributed by atoms with E-state index in [2.05, 4.69) is 0 Å². The summed E-state index contributed by atoms with van der Waals surface area (Å²) in [6.45, 7) is 3.74. The number of hydrogen-bond acceptors (Lipinski definition) is 3. The summed E-state index contributed by atoms with van der Waals surface area (Å²) in [5.74, 6) is 0.217. The fourth-order valence-electron chi connectivity index (χ4n) is 1.32. The van der Waals surface area contributed by atoms with Crippen LogP contribution in [-0.4, -0.2) is 24.2 Å². The summed E-state index contributed by atoms with van der Waals surface area (Å²) in [5, 5.41) is 0. The van der Waals surface area contributed by atoms with E-state index < -0.39 is 7.37 Å². The fourth-order valence-corrected chi connectivity index (χ4v) is 3.70. The lowest BCUT2D eigenvalue weighted by Gasteiger charge is -2.23. The highest BCUT2D eigenvalue weighted by atomic mass is 31.2. The van der Waals surface area contributed by atoms with Gasteiger partial charge in [0.25, 0.3) is 0 Å². The van der Waals surface area contributed by atoms with Crippen molar-refractivity contribution in [3.63, 3.8) is 0 Å². The second-order valence-electron chi connectivity index (χ2n) is 3.45. The number of carbonyl (C=O) groups is 1. The molecule has 70 valence electrons. The zero-order valence-corrected chi connectivity index (χ0v) is 8.47. The van der Waals surface area contributed by atoms with Crippen LogP contribution in [0.3, 0.4) is 0 Å². The van der Waals surface area contributed by atoms with Crippen LogP contribution in [0.15, 0.2) is 0 Å². The molecular weight excluding hydrogens is 175 g/mol. The summed E-state index contributed by atoms with van der Waals surface area (Å²) in [6, 6.07) is 0. The van der Waals surface area contributed by atoms with Crippen LogP contribution in [0, 0.1) is 0 Å². The van der Waals surface area contributed by atoms with Crippen LogP contribution < -0.4 is 0 Å². The predicted octanol–water partition coefficient (Wildman–Crippen LogP) is 2.05. The van der Waals surface area contributed by atoms with Gasteiger partial charge in [0.05, 0.1) is 6.10 Å². The van der Waals surface area contributed by atoms with Gasteiger partial charge >= 0.3 is 0 Å². The third-order valence-electron chi connectivity index (χ3n) is 1.87. The minimum absolute atomic E-state index is 0.00374. The first kappa shape index (κ1) is 9.94. The maximum atomic E-state index is 11.8. The maximum absolute atomic E-state index is 11.8. The van der Waals surface area contributed by atoms with Crippen molar-refractivity contribution in [3.05, 3.63) is 0 Å². The molecule has 3 nitrogen and oxygen atoms in total. The van der Waals surface area contributed by atoms with Crippen LogP contribution in [0.1, 0.15) is 26.7 Å². The zero-order chi connectivity index (χ0) is 9.19.